The second-order valence-electron chi connectivity index (χ2n) is 2.82. The minimum atomic E-state index is -0.241. The van der Waals surface area contributed by atoms with Crippen LogP contribution in [0.25, 0.3) is 0 Å². The minimum absolute atomic E-state index is 0.241. The van der Waals surface area contributed by atoms with Crippen molar-refractivity contribution in [2.24, 2.45) is 0 Å². The first-order chi connectivity index (χ1) is 7.25. The number of nitrogens with two attached hydrogens (primary N) is 1. The molecule has 0 saturated heterocycles. The predicted molar refractivity (Wildman–Crippen MR) is 56.3 cm³/mol. The number of amides is 1. The Labute approximate surface area is 89.5 Å². The van der Waals surface area contributed by atoms with Crippen molar-refractivity contribution in [3.63, 3.8) is 0 Å². The van der Waals surface area contributed by atoms with Crippen LogP contribution in [0, 0.1) is 0 Å². The van der Waals surface area contributed by atoms with Gasteiger partial charge in [0.05, 0.1) is 6.54 Å². The average molecular weight is 223 g/mol. The van der Waals surface area contributed by atoms with Crippen LogP contribution < -0.4 is 11.1 Å². The van der Waals surface area contributed by atoms with Crippen LogP contribution in [-0.4, -0.2) is 21.1 Å². The first kappa shape index (κ1) is 9.66. The Kier molecular flexibility index (Phi) is 2.64. The van der Waals surface area contributed by atoms with E-state index in [1.54, 1.807) is 6.20 Å². The van der Waals surface area contributed by atoms with Crippen LogP contribution in [0.3, 0.4) is 0 Å². The topological polar surface area (TPSA) is 96.7 Å². The first-order valence-electron chi connectivity index (χ1n) is 4.23. The van der Waals surface area contributed by atoms with Crippen LogP contribution in [0.5, 0.6) is 0 Å². The number of hydrogen-bond donors (Lipinski definition) is 3. The van der Waals surface area contributed by atoms with Gasteiger partial charge in [0.25, 0.3) is 5.91 Å². The van der Waals surface area contributed by atoms with Crippen LogP contribution in [0.1, 0.15) is 15.5 Å². The van der Waals surface area contributed by atoms with Gasteiger partial charge >= 0.3 is 0 Å². The third kappa shape index (κ3) is 2.32. The summed E-state index contributed by atoms with van der Waals surface area (Å²) >= 11 is 1.49. The molecule has 0 aromatic carbocycles. The molecule has 0 aliphatic heterocycles. The van der Waals surface area contributed by atoms with Crippen molar-refractivity contribution in [3.8, 4) is 0 Å². The van der Waals surface area contributed by atoms with E-state index in [1.165, 1.54) is 17.4 Å². The number of rotatable bonds is 3. The molecule has 7 heteroatoms. The number of aromatic amines is 1. The molecular weight excluding hydrogens is 214 g/mol. The fraction of sp³-hybridized carbons (Fsp3) is 0.125. The molecule has 6 nitrogen and oxygen atoms in total. The van der Waals surface area contributed by atoms with E-state index in [1.807, 2.05) is 5.38 Å². The third-order valence-electron chi connectivity index (χ3n) is 1.73. The summed E-state index contributed by atoms with van der Waals surface area (Å²) in [7, 11) is 0. The number of nitrogen functional groups attached to an aromatic ring is 1. The van der Waals surface area contributed by atoms with E-state index in [-0.39, 0.29) is 5.91 Å². The van der Waals surface area contributed by atoms with E-state index >= 15 is 0 Å². The van der Waals surface area contributed by atoms with Crippen LogP contribution in [0.4, 0.5) is 5.82 Å². The summed E-state index contributed by atoms with van der Waals surface area (Å²) in [4.78, 5) is 15.5. The van der Waals surface area contributed by atoms with Crippen molar-refractivity contribution in [1.82, 2.24) is 20.5 Å². The van der Waals surface area contributed by atoms with Gasteiger partial charge in [-0.2, -0.15) is 5.10 Å². The molecule has 0 radical (unpaired) electrons. The zero-order chi connectivity index (χ0) is 10.7. The van der Waals surface area contributed by atoms with Crippen molar-refractivity contribution in [2.75, 3.05) is 5.73 Å². The third-order valence-corrected chi connectivity index (χ3v) is 2.51. The molecular formula is C8H9N5OS. The number of H-pyrrole nitrogens is 1. The highest BCUT2D eigenvalue weighted by atomic mass is 32.1. The number of thiazole rings is 1. The summed E-state index contributed by atoms with van der Waals surface area (Å²) in [6.07, 6.45) is 1.69. The zero-order valence-electron chi connectivity index (χ0n) is 7.73. The molecule has 0 aliphatic rings. The molecule has 2 aromatic heterocycles. The van der Waals surface area contributed by atoms with Gasteiger partial charge in [-0.05, 0) is 0 Å². The second kappa shape index (κ2) is 4.09. The number of anilines is 1. The molecule has 0 spiro atoms. The fourth-order valence-corrected chi connectivity index (χ4v) is 1.60. The summed E-state index contributed by atoms with van der Waals surface area (Å²) in [6.45, 7) is 0.412. The van der Waals surface area contributed by atoms with Gasteiger partial charge in [-0.25, -0.2) is 4.98 Å². The lowest BCUT2D eigenvalue weighted by Gasteiger charge is -1.99. The van der Waals surface area contributed by atoms with Gasteiger partial charge < -0.3 is 11.1 Å². The van der Waals surface area contributed by atoms with Crippen LogP contribution >= 0.6 is 11.3 Å². The van der Waals surface area contributed by atoms with E-state index in [0.717, 1.165) is 5.01 Å². The van der Waals surface area contributed by atoms with Gasteiger partial charge in [-0.15, -0.1) is 11.3 Å². The largest absolute Gasteiger partial charge is 0.382 e. The quantitative estimate of drug-likeness (QED) is 0.700. The molecule has 2 heterocycles. The molecule has 2 rings (SSSR count). The second-order valence-corrected chi connectivity index (χ2v) is 3.79. The van der Waals surface area contributed by atoms with Crippen molar-refractivity contribution in [1.29, 1.82) is 0 Å². The molecule has 15 heavy (non-hydrogen) atoms. The molecule has 2 aromatic rings. The molecule has 4 N–H and O–H groups in total. The molecule has 0 saturated carbocycles. The molecule has 0 aliphatic carbocycles. The van der Waals surface area contributed by atoms with E-state index in [4.69, 9.17) is 5.73 Å². The van der Waals surface area contributed by atoms with Crippen molar-refractivity contribution >= 4 is 23.1 Å². The summed E-state index contributed by atoms with van der Waals surface area (Å²) in [5.41, 5.74) is 5.73. The normalized spacial score (nSPS) is 10.1. The number of nitrogens with zero attached hydrogens (tertiary/aromatic N) is 2. The summed E-state index contributed by atoms with van der Waals surface area (Å²) < 4.78 is 0. The predicted octanol–water partition coefficient (Wildman–Crippen LogP) is 0.378. The lowest BCUT2D eigenvalue weighted by molar-refractivity contribution is 0.0946. The van der Waals surface area contributed by atoms with E-state index in [2.05, 4.69) is 20.5 Å². The Morgan fingerprint density at radius 3 is 3.13 bits per heavy atom. The highest BCUT2D eigenvalue weighted by molar-refractivity contribution is 7.09. The average Bonchev–Trinajstić information content (AvgIpc) is 2.84. The Morgan fingerprint density at radius 2 is 2.53 bits per heavy atom. The van der Waals surface area contributed by atoms with Gasteiger partial charge in [-0.1, -0.05) is 0 Å². The number of nitrogens with one attached hydrogen (secondary N) is 2. The van der Waals surface area contributed by atoms with Crippen molar-refractivity contribution in [2.45, 2.75) is 6.54 Å². The molecule has 0 fully saturated rings. The maximum Gasteiger partial charge on any atom is 0.269 e. The highest BCUT2D eigenvalue weighted by Gasteiger charge is 2.08. The number of hydrogen-bond acceptors (Lipinski definition) is 5. The van der Waals surface area contributed by atoms with Gasteiger partial charge in [0.2, 0.25) is 0 Å². The number of carbonyl (C=O) groups excluding carboxylic acids is 1. The molecule has 0 atom stereocenters. The van der Waals surface area contributed by atoms with E-state index in [9.17, 15) is 4.79 Å². The fourth-order valence-electron chi connectivity index (χ4n) is 1.04. The lowest BCUT2D eigenvalue weighted by Crippen LogP contribution is -2.23. The van der Waals surface area contributed by atoms with E-state index in [0.29, 0.717) is 18.1 Å². The highest BCUT2D eigenvalue weighted by Crippen LogP contribution is 2.04. The Morgan fingerprint density at radius 1 is 1.67 bits per heavy atom. The van der Waals surface area contributed by atoms with Crippen LogP contribution in [0.15, 0.2) is 17.6 Å². The Balaban J connectivity index is 1.93. The molecule has 0 unspecified atom stereocenters. The molecule has 78 valence electrons. The van der Waals surface area contributed by atoms with Gasteiger partial charge in [-0.3, -0.25) is 9.89 Å². The van der Waals surface area contributed by atoms with Crippen LogP contribution in [0.2, 0.25) is 0 Å². The minimum Gasteiger partial charge on any atom is -0.382 e. The molecule has 1 amide bonds. The van der Waals surface area contributed by atoms with Gasteiger partial charge in [0.1, 0.15) is 16.5 Å². The summed E-state index contributed by atoms with van der Waals surface area (Å²) in [6, 6.07) is 1.48. The zero-order valence-corrected chi connectivity index (χ0v) is 8.54. The number of aromatic nitrogens is 3. The van der Waals surface area contributed by atoms with E-state index < -0.39 is 0 Å². The van der Waals surface area contributed by atoms with Gasteiger partial charge in [0.15, 0.2) is 0 Å². The van der Waals surface area contributed by atoms with Crippen molar-refractivity contribution < 1.29 is 4.79 Å². The Hall–Kier alpha value is -1.89. The molecule has 0 bridgehead atoms. The smallest absolute Gasteiger partial charge is 0.269 e. The summed E-state index contributed by atoms with van der Waals surface area (Å²) in [5, 5.41) is 11.6. The summed E-state index contributed by atoms with van der Waals surface area (Å²) in [5.74, 6) is 0.0591. The Bertz CT molecular complexity index is 449. The van der Waals surface area contributed by atoms with Crippen molar-refractivity contribution in [3.05, 3.63) is 28.3 Å². The first-order valence-corrected chi connectivity index (χ1v) is 5.11. The number of carbonyl (C=O) groups is 1. The van der Waals surface area contributed by atoms with Crippen LogP contribution in [-0.2, 0) is 6.54 Å². The maximum absolute atomic E-state index is 11.5. The standard InChI is InChI=1S/C8H9N5OS/c9-6-3-5(12-13-6)8(14)11-4-7-10-1-2-15-7/h1-3H,4H2,(H,11,14)(H3,9,12,13). The van der Waals surface area contributed by atoms with Gasteiger partial charge in [0, 0.05) is 17.6 Å². The monoisotopic (exact) mass is 223 g/mol. The maximum atomic E-state index is 11.5. The SMILES string of the molecule is Nc1cc(C(=O)NCc2nccs2)[nH]n1. The lowest BCUT2D eigenvalue weighted by atomic mass is 10.4.